The smallest absolute Gasteiger partial charge is 0.251 e. The third kappa shape index (κ3) is 6.24. The van der Waals surface area contributed by atoms with Crippen LogP contribution < -0.4 is 14.8 Å². The summed E-state index contributed by atoms with van der Waals surface area (Å²) in [4.78, 5) is 26.7. The average Bonchev–Trinajstić information content (AvgIpc) is 2.78. The zero-order valence-corrected chi connectivity index (χ0v) is 17.7. The van der Waals surface area contributed by atoms with Crippen LogP contribution in [0.25, 0.3) is 0 Å². The van der Waals surface area contributed by atoms with Crippen molar-refractivity contribution in [2.45, 2.75) is 38.6 Å². The lowest BCUT2D eigenvalue weighted by molar-refractivity contribution is -0.132. The number of amides is 2. The summed E-state index contributed by atoms with van der Waals surface area (Å²) >= 11 is 0. The summed E-state index contributed by atoms with van der Waals surface area (Å²) in [5.41, 5.74) is 1.81. The van der Waals surface area contributed by atoms with Crippen LogP contribution in [0, 0.1) is 6.92 Å². The summed E-state index contributed by atoms with van der Waals surface area (Å²) in [6, 6.07) is 15.1. The number of benzene rings is 2. The number of ether oxygens (including phenoxy) is 2. The second kappa shape index (κ2) is 10.7. The topological polar surface area (TPSA) is 67.9 Å². The van der Waals surface area contributed by atoms with Gasteiger partial charge in [-0.3, -0.25) is 9.59 Å². The van der Waals surface area contributed by atoms with Crippen molar-refractivity contribution in [3.63, 3.8) is 0 Å². The van der Waals surface area contributed by atoms with Gasteiger partial charge in [0.2, 0.25) is 5.91 Å². The second-order valence-electron chi connectivity index (χ2n) is 7.62. The number of hydrogen-bond acceptors (Lipinski definition) is 4. The van der Waals surface area contributed by atoms with E-state index >= 15 is 0 Å². The molecule has 6 heteroatoms. The number of aryl methyl sites for hydroxylation is 1. The number of rotatable bonds is 8. The van der Waals surface area contributed by atoms with Crippen molar-refractivity contribution >= 4 is 11.8 Å². The SMILES string of the molecule is COc1ccc(C(=O)NC2CCN(C(=O)CCCOc3ccc(C)cc3)CC2)cc1. The molecule has 6 nitrogen and oxygen atoms in total. The Morgan fingerprint density at radius 2 is 1.63 bits per heavy atom. The van der Waals surface area contributed by atoms with Crippen LogP contribution >= 0.6 is 0 Å². The van der Waals surface area contributed by atoms with E-state index in [9.17, 15) is 9.59 Å². The van der Waals surface area contributed by atoms with Crippen molar-refractivity contribution in [1.29, 1.82) is 0 Å². The van der Waals surface area contributed by atoms with Gasteiger partial charge in [0.15, 0.2) is 0 Å². The highest BCUT2D eigenvalue weighted by Crippen LogP contribution is 2.16. The summed E-state index contributed by atoms with van der Waals surface area (Å²) in [7, 11) is 1.60. The quantitative estimate of drug-likeness (QED) is 0.676. The van der Waals surface area contributed by atoms with Crippen molar-refractivity contribution in [2.24, 2.45) is 0 Å². The second-order valence-corrected chi connectivity index (χ2v) is 7.62. The van der Waals surface area contributed by atoms with Gasteiger partial charge in [0, 0.05) is 31.1 Å². The van der Waals surface area contributed by atoms with Crippen LogP contribution in [0.1, 0.15) is 41.6 Å². The molecule has 0 spiro atoms. The van der Waals surface area contributed by atoms with Crippen LogP contribution in [0.4, 0.5) is 0 Å². The molecule has 160 valence electrons. The van der Waals surface area contributed by atoms with Crippen LogP contribution in [-0.2, 0) is 4.79 Å². The van der Waals surface area contributed by atoms with E-state index in [0.29, 0.717) is 38.1 Å². The molecule has 1 fully saturated rings. The molecule has 3 rings (SSSR count). The minimum Gasteiger partial charge on any atom is -0.497 e. The van der Waals surface area contributed by atoms with E-state index < -0.39 is 0 Å². The van der Waals surface area contributed by atoms with Gasteiger partial charge in [0.1, 0.15) is 11.5 Å². The zero-order valence-electron chi connectivity index (χ0n) is 17.7. The molecule has 2 amide bonds. The number of nitrogens with zero attached hydrogens (tertiary/aromatic N) is 1. The summed E-state index contributed by atoms with van der Waals surface area (Å²) in [6.45, 7) is 3.91. The first-order valence-electron chi connectivity index (χ1n) is 10.5. The van der Waals surface area contributed by atoms with E-state index in [-0.39, 0.29) is 17.9 Å². The molecule has 0 radical (unpaired) electrons. The molecular weight excluding hydrogens is 380 g/mol. The Morgan fingerprint density at radius 1 is 1.00 bits per heavy atom. The fraction of sp³-hybridized carbons (Fsp3) is 0.417. The zero-order chi connectivity index (χ0) is 21.3. The normalized spacial score (nSPS) is 14.3. The Kier molecular flexibility index (Phi) is 7.71. The Balaban J connectivity index is 1.34. The first kappa shape index (κ1) is 21.7. The first-order valence-corrected chi connectivity index (χ1v) is 10.5. The number of piperidine rings is 1. The molecular formula is C24H30N2O4. The van der Waals surface area contributed by atoms with Gasteiger partial charge in [-0.25, -0.2) is 0 Å². The molecule has 1 saturated heterocycles. The molecule has 1 aliphatic heterocycles. The number of methoxy groups -OCH3 is 1. The third-order valence-corrected chi connectivity index (χ3v) is 5.36. The van der Waals surface area contributed by atoms with Gasteiger partial charge in [0.25, 0.3) is 5.91 Å². The van der Waals surface area contributed by atoms with E-state index in [2.05, 4.69) is 5.32 Å². The largest absolute Gasteiger partial charge is 0.497 e. The highest BCUT2D eigenvalue weighted by Gasteiger charge is 2.23. The molecule has 30 heavy (non-hydrogen) atoms. The molecule has 2 aromatic carbocycles. The van der Waals surface area contributed by atoms with Crippen molar-refractivity contribution in [2.75, 3.05) is 26.8 Å². The summed E-state index contributed by atoms with van der Waals surface area (Å²) in [5.74, 6) is 1.63. The number of nitrogens with one attached hydrogen (secondary N) is 1. The Morgan fingerprint density at radius 3 is 2.27 bits per heavy atom. The van der Waals surface area contributed by atoms with Crippen molar-refractivity contribution in [1.82, 2.24) is 10.2 Å². The summed E-state index contributed by atoms with van der Waals surface area (Å²) in [6.07, 6.45) is 2.72. The summed E-state index contributed by atoms with van der Waals surface area (Å²) < 4.78 is 10.8. The molecule has 0 aromatic heterocycles. The number of carbonyl (C=O) groups is 2. The van der Waals surface area contributed by atoms with Crippen LogP contribution in [0.2, 0.25) is 0 Å². The molecule has 1 N–H and O–H groups in total. The summed E-state index contributed by atoms with van der Waals surface area (Å²) in [5, 5.41) is 3.07. The maximum atomic E-state index is 12.4. The van der Waals surface area contributed by atoms with Gasteiger partial charge < -0.3 is 19.7 Å². The fourth-order valence-corrected chi connectivity index (χ4v) is 3.49. The Labute approximate surface area is 178 Å². The standard InChI is InChI=1S/C24H30N2O4/c1-18-5-9-22(10-6-18)30-17-3-4-23(27)26-15-13-20(14-16-26)25-24(28)19-7-11-21(29-2)12-8-19/h5-12,20H,3-4,13-17H2,1-2H3,(H,25,28). The van der Waals surface area contributed by atoms with Crippen LogP contribution in [0.15, 0.2) is 48.5 Å². The van der Waals surface area contributed by atoms with Crippen LogP contribution in [0.3, 0.4) is 0 Å². The van der Waals surface area contributed by atoms with E-state index in [1.54, 1.807) is 31.4 Å². The first-order chi connectivity index (χ1) is 14.5. The molecule has 0 unspecified atom stereocenters. The third-order valence-electron chi connectivity index (χ3n) is 5.36. The van der Waals surface area contributed by atoms with Gasteiger partial charge >= 0.3 is 0 Å². The van der Waals surface area contributed by atoms with E-state index in [4.69, 9.17) is 9.47 Å². The molecule has 2 aromatic rings. The lowest BCUT2D eigenvalue weighted by Crippen LogP contribution is -2.46. The number of hydrogen-bond donors (Lipinski definition) is 1. The maximum Gasteiger partial charge on any atom is 0.251 e. The van der Waals surface area contributed by atoms with E-state index in [1.807, 2.05) is 36.1 Å². The average molecular weight is 411 g/mol. The van der Waals surface area contributed by atoms with Crippen molar-refractivity contribution < 1.29 is 19.1 Å². The number of carbonyl (C=O) groups excluding carboxylic acids is 2. The maximum absolute atomic E-state index is 12.4. The minimum absolute atomic E-state index is 0.0873. The van der Waals surface area contributed by atoms with Gasteiger partial charge in [-0.05, 0) is 62.6 Å². The van der Waals surface area contributed by atoms with Crippen LogP contribution in [0.5, 0.6) is 11.5 Å². The Bertz CT molecular complexity index is 825. The molecule has 0 aliphatic carbocycles. The van der Waals surface area contributed by atoms with Crippen LogP contribution in [-0.4, -0.2) is 49.6 Å². The van der Waals surface area contributed by atoms with Gasteiger partial charge in [0.05, 0.1) is 13.7 Å². The predicted octanol–water partition coefficient (Wildman–Crippen LogP) is 3.58. The van der Waals surface area contributed by atoms with Crippen molar-refractivity contribution in [3.8, 4) is 11.5 Å². The molecule has 0 atom stereocenters. The molecule has 0 saturated carbocycles. The Hall–Kier alpha value is -3.02. The lowest BCUT2D eigenvalue weighted by atomic mass is 10.0. The monoisotopic (exact) mass is 410 g/mol. The highest BCUT2D eigenvalue weighted by molar-refractivity contribution is 5.94. The van der Waals surface area contributed by atoms with E-state index in [0.717, 1.165) is 24.3 Å². The number of likely N-dealkylation sites (tertiary alicyclic amines) is 1. The molecule has 1 heterocycles. The van der Waals surface area contributed by atoms with Gasteiger partial charge in [-0.2, -0.15) is 0 Å². The minimum atomic E-state index is -0.0873. The molecule has 0 bridgehead atoms. The van der Waals surface area contributed by atoms with Crippen molar-refractivity contribution in [3.05, 3.63) is 59.7 Å². The fourth-order valence-electron chi connectivity index (χ4n) is 3.49. The van der Waals surface area contributed by atoms with Gasteiger partial charge in [-0.1, -0.05) is 17.7 Å². The van der Waals surface area contributed by atoms with E-state index in [1.165, 1.54) is 5.56 Å². The lowest BCUT2D eigenvalue weighted by Gasteiger charge is -2.32. The predicted molar refractivity (Wildman–Crippen MR) is 116 cm³/mol. The highest BCUT2D eigenvalue weighted by atomic mass is 16.5. The van der Waals surface area contributed by atoms with Gasteiger partial charge in [-0.15, -0.1) is 0 Å². The molecule has 1 aliphatic rings.